The summed E-state index contributed by atoms with van der Waals surface area (Å²) in [7, 11) is 0. The standard InChI is InChI=1S/C24H28F3N5O3S/c1-14(2)8-18-12-31(11-17-10-21(29-15(3)28-17)35-13-22(33)34)6-7-32(18)23-30-19-5-4-16(24(25,26)27)9-20(19)36-23/h4-5,9-10,14,18H,6-8,11-13H2,1-3H3,(H,33,34)/t18-/m1/s1. The fraction of sp³-hybridized carbons (Fsp3) is 0.500. The van der Waals surface area contributed by atoms with Crippen LogP contribution in [0.1, 0.15) is 37.4 Å². The second-order valence-corrected chi connectivity index (χ2v) is 10.3. The summed E-state index contributed by atoms with van der Waals surface area (Å²) < 4.78 is 45.2. The fourth-order valence-corrected chi connectivity index (χ4v) is 5.49. The smallest absolute Gasteiger partial charge is 0.416 e. The predicted molar refractivity (Wildman–Crippen MR) is 130 cm³/mol. The average Bonchev–Trinajstić information content (AvgIpc) is 3.19. The van der Waals surface area contributed by atoms with Gasteiger partial charge in [-0.3, -0.25) is 4.90 Å². The minimum Gasteiger partial charge on any atom is -0.479 e. The number of aryl methyl sites for hydroxylation is 1. The van der Waals surface area contributed by atoms with E-state index in [1.54, 1.807) is 13.0 Å². The minimum atomic E-state index is -4.39. The van der Waals surface area contributed by atoms with Gasteiger partial charge in [-0.25, -0.2) is 14.8 Å². The van der Waals surface area contributed by atoms with Crippen molar-refractivity contribution in [2.45, 2.75) is 46.0 Å². The number of aliphatic carboxylic acids is 1. The highest BCUT2D eigenvalue weighted by Gasteiger charge is 2.32. The lowest BCUT2D eigenvalue weighted by molar-refractivity contribution is -0.139. The summed E-state index contributed by atoms with van der Waals surface area (Å²) in [6.07, 6.45) is -3.49. The van der Waals surface area contributed by atoms with Gasteiger partial charge >= 0.3 is 12.1 Å². The molecular formula is C24H28F3N5O3S. The number of anilines is 1. The second-order valence-electron chi connectivity index (χ2n) is 9.32. The van der Waals surface area contributed by atoms with Gasteiger partial charge in [0.1, 0.15) is 5.82 Å². The number of carbonyl (C=O) groups is 1. The molecule has 1 aliphatic rings. The van der Waals surface area contributed by atoms with E-state index in [0.717, 1.165) is 29.9 Å². The molecule has 0 bridgehead atoms. The Kier molecular flexibility index (Phi) is 7.65. The Morgan fingerprint density at radius 1 is 1.22 bits per heavy atom. The Labute approximate surface area is 210 Å². The Balaban J connectivity index is 1.51. The number of fused-ring (bicyclic) bond motifs is 1. The number of rotatable bonds is 8. The zero-order valence-electron chi connectivity index (χ0n) is 20.2. The molecule has 2 aromatic heterocycles. The molecule has 8 nitrogen and oxygen atoms in total. The van der Waals surface area contributed by atoms with E-state index < -0.39 is 24.3 Å². The predicted octanol–water partition coefficient (Wildman–Crippen LogP) is 4.61. The van der Waals surface area contributed by atoms with Crippen LogP contribution in [0, 0.1) is 12.8 Å². The molecule has 0 saturated carbocycles. The Morgan fingerprint density at radius 3 is 2.69 bits per heavy atom. The highest BCUT2D eigenvalue weighted by atomic mass is 32.1. The number of nitrogens with zero attached hydrogens (tertiary/aromatic N) is 5. The number of benzene rings is 1. The van der Waals surface area contributed by atoms with Crippen molar-refractivity contribution in [2.24, 2.45) is 5.92 Å². The van der Waals surface area contributed by atoms with Crippen LogP contribution in [-0.2, 0) is 17.5 Å². The van der Waals surface area contributed by atoms with Crippen LogP contribution >= 0.6 is 11.3 Å². The van der Waals surface area contributed by atoms with Crippen molar-refractivity contribution in [3.05, 3.63) is 41.3 Å². The lowest BCUT2D eigenvalue weighted by Crippen LogP contribution is -2.53. The largest absolute Gasteiger partial charge is 0.479 e. The van der Waals surface area contributed by atoms with Crippen molar-refractivity contribution < 1.29 is 27.8 Å². The molecule has 1 aromatic carbocycles. The summed E-state index contributed by atoms with van der Waals surface area (Å²) in [6.45, 7) is 8.21. The molecule has 0 radical (unpaired) electrons. The molecule has 3 aromatic rings. The molecule has 1 aliphatic heterocycles. The van der Waals surface area contributed by atoms with Gasteiger partial charge in [0.2, 0.25) is 5.88 Å². The molecule has 12 heteroatoms. The molecule has 194 valence electrons. The van der Waals surface area contributed by atoms with Crippen LogP contribution in [0.2, 0.25) is 0 Å². The second kappa shape index (κ2) is 10.6. The first-order valence-corrected chi connectivity index (χ1v) is 12.5. The number of piperazine rings is 1. The van der Waals surface area contributed by atoms with E-state index in [0.29, 0.717) is 41.6 Å². The van der Waals surface area contributed by atoms with Gasteiger partial charge in [-0.05, 0) is 37.5 Å². The quantitative estimate of drug-likeness (QED) is 0.458. The van der Waals surface area contributed by atoms with Gasteiger partial charge in [0, 0.05) is 38.3 Å². The van der Waals surface area contributed by atoms with Crippen molar-refractivity contribution in [1.82, 2.24) is 19.9 Å². The Bertz CT molecular complexity index is 1230. The van der Waals surface area contributed by atoms with E-state index in [4.69, 9.17) is 9.84 Å². The molecule has 0 aliphatic carbocycles. The Morgan fingerprint density at radius 2 is 2.00 bits per heavy atom. The van der Waals surface area contributed by atoms with Crippen molar-refractivity contribution in [1.29, 1.82) is 0 Å². The molecule has 4 rings (SSSR count). The van der Waals surface area contributed by atoms with E-state index in [9.17, 15) is 18.0 Å². The Hall–Kier alpha value is -2.99. The molecule has 0 spiro atoms. The van der Waals surface area contributed by atoms with Crippen LogP contribution in [0.3, 0.4) is 0 Å². The van der Waals surface area contributed by atoms with Crippen LogP contribution in [0.4, 0.5) is 18.3 Å². The van der Waals surface area contributed by atoms with Crippen LogP contribution in [-0.4, -0.2) is 63.2 Å². The van der Waals surface area contributed by atoms with Crippen molar-refractivity contribution >= 4 is 32.7 Å². The molecular weight excluding hydrogens is 495 g/mol. The number of aromatic nitrogens is 3. The highest BCUT2D eigenvalue weighted by Crippen LogP contribution is 2.37. The van der Waals surface area contributed by atoms with E-state index in [1.165, 1.54) is 23.5 Å². The molecule has 0 amide bonds. The summed E-state index contributed by atoms with van der Waals surface area (Å²) in [5, 5.41) is 9.59. The van der Waals surface area contributed by atoms with E-state index in [1.807, 2.05) is 0 Å². The first-order chi connectivity index (χ1) is 17.0. The van der Waals surface area contributed by atoms with E-state index >= 15 is 0 Å². The van der Waals surface area contributed by atoms with E-state index in [-0.39, 0.29) is 11.9 Å². The average molecular weight is 524 g/mol. The maximum Gasteiger partial charge on any atom is 0.416 e. The molecule has 1 atom stereocenters. The third-order valence-electron chi connectivity index (χ3n) is 5.86. The number of halogens is 3. The maximum absolute atomic E-state index is 13.2. The van der Waals surface area contributed by atoms with Crippen molar-refractivity contribution in [2.75, 3.05) is 31.1 Å². The van der Waals surface area contributed by atoms with Gasteiger partial charge in [-0.2, -0.15) is 18.2 Å². The lowest BCUT2D eigenvalue weighted by atomic mass is 10.0. The summed E-state index contributed by atoms with van der Waals surface area (Å²) >= 11 is 1.29. The minimum absolute atomic E-state index is 0.132. The third-order valence-corrected chi connectivity index (χ3v) is 6.91. The number of hydrogen-bond donors (Lipinski definition) is 1. The van der Waals surface area contributed by atoms with Gasteiger partial charge in [0.05, 0.1) is 21.5 Å². The molecule has 3 heterocycles. The lowest BCUT2D eigenvalue weighted by Gasteiger charge is -2.42. The summed E-state index contributed by atoms with van der Waals surface area (Å²) in [4.78, 5) is 28.6. The number of hydrogen-bond acceptors (Lipinski definition) is 8. The van der Waals surface area contributed by atoms with Gasteiger partial charge in [-0.1, -0.05) is 25.2 Å². The van der Waals surface area contributed by atoms with Gasteiger partial charge in [0.15, 0.2) is 11.7 Å². The molecule has 1 fully saturated rings. The normalized spacial score (nSPS) is 17.2. The van der Waals surface area contributed by atoms with Crippen LogP contribution in [0.25, 0.3) is 10.2 Å². The number of carboxylic acid groups (broad SMARTS) is 1. The number of ether oxygens (including phenoxy) is 1. The topological polar surface area (TPSA) is 91.7 Å². The number of carboxylic acids is 1. The first-order valence-electron chi connectivity index (χ1n) is 11.6. The zero-order valence-corrected chi connectivity index (χ0v) is 21.1. The molecule has 1 N–H and O–H groups in total. The van der Waals surface area contributed by atoms with Crippen LogP contribution in [0.5, 0.6) is 5.88 Å². The van der Waals surface area contributed by atoms with E-state index in [2.05, 4.69) is 38.6 Å². The highest BCUT2D eigenvalue weighted by molar-refractivity contribution is 7.22. The summed E-state index contributed by atoms with van der Waals surface area (Å²) in [5.41, 5.74) is 0.638. The maximum atomic E-state index is 13.2. The van der Waals surface area contributed by atoms with Gasteiger partial charge in [-0.15, -0.1) is 0 Å². The van der Waals surface area contributed by atoms with Gasteiger partial charge in [0.25, 0.3) is 0 Å². The third kappa shape index (κ3) is 6.41. The molecule has 36 heavy (non-hydrogen) atoms. The summed E-state index contributed by atoms with van der Waals surface area (Å²) in [6, 6.07) is 5.48. The van der Waals surface area contributed by atoms with Crippen molar-refractivity contribution in [3.63, 3.8) is 0 Å². The van der Waals surface area contributed by atoms with Gasteiger partial charge < -0.3 is 14.7 Å². The summed E-state index contributed by atoms with van der Waals surface area (Å²) in [5.74, 6) is 0.0637. The SMILES string of the molecule is Cc1nc(CN2CCN(c3nc4ccc(C(F)(F)F)cc4s3)[C@H](CC(C)C)C2)cc(OCC(=O)O)n1. The van der Waals surface area contributed by atoms with Crippen molar-refractivity contribution in [3.8, 4) is 5.88 Å². The van der Waals surface area contributed by atoms with Crippen LogP contribution in [0.15, 0.2) is 24.3 Å². The number of thiazole rings is 1. The first kappa shape index (κ1) is 26.1. The molecule has 0 unspecified atom stereocenters. The monoisotopic (exact) mass is 523 g/mol. The zero-order chi connectivity index (χ0) is 26.0. The molecule has 1 saturated heterocycles. The van der Waals surface area contributed by atoms with Crippen LogP contribution < -0.4 is 9.64 Å². The fourth-order valence-electron chi connectivity index (χ4n) is 4.39. The number of alkyl halides is 3.